The van der Waals surface area contributed by atoms with Crippen molar-refractivity contribution in [3.05, 3.63) is 24.3 Å². The van der Waals surface area contributed by atoms with Gasteiger partial charge in [0.15, 0.2) is 0 Å². The summed E-state index contributed by atoms with van der Waals surface area (Å²) in [7, 11) is 0. The molecule has 1 rings (SSSR count). The molecule has 0 saturated heterocycles. The fourth-order valence-corrected chi connectivity index (χ4v) is 3.60. The molecule has 1 aromatic rings. The largest absolute Gasteiger partial charge is 0.382 e. The molecule has 2 N–H and O–H groups in total. The van der Waals surface area contributed by atoms with E-state index >= 15 is 0 Å². The number of benzene rings is 1. The van der Waals surface area contributed by atoms with Crippen LogP contribution >= 0.6 is 24.4 Å². The highest BCUT2D eigenvalue weighted by molar-refractivity contribution is 8.01. The Morgan fingerprint density at radius 2 is 1.48 bits per heavy atom. The Hall–Kier alpha value is -0.480. The molecule has 0 radical (unpaired) electrons. The first-order valence-electron chi connectivity index (χ1n) is 7.56. The number of nitrogens with one attached hydrogen (secondary N) is 2. The summed E-state index contributed by atoms with van der Waals surface area (Å²) in [6, 6.07) is 8.38. The third kappa shape index (κ3) is 7.91. The quantitative estimate of drug-likeness (QED) is 0.577. The molecule has 0 aliphatic heterocycles. The van der Waals surface area contributed by atoms with E-state index in [2.05, 4.69) is 89.1 Å². The lowest BCUT2D eigenvalue weighted by Crippen LogP contribution is -2.29. The van der Waals surface area contributed by atoms with E-state index in [1.807, 2.05) is 11.8 Å². The van der Waals surface area contributed by atoms with Crippen molar-refractivity contribution < 1.29 is 0 Å². The van der Waals surface area contributed by atoms with Crippen LogP contribution in [0.3, 0.4) is 0 Å². The van der Waals surface area contributed by atoms with Crippen LogP contribution in [-0.2, 0) is 0 Å². The molecule has 0 aromatic heterocycles. The van der Waals surface area contributed by atoms with Crippen LogP contribution in [0.1, 0.15) is 41.5 Å². The predicted octanol–water partition coefficient (Wildman–Crippen LogP) is 5.14. The Balaban J connectivity index is 2.67. The standard InChI is InChI=1S/C17H30N2S2/c1-13(2)21-17(5,6)12-19-15-10-8-7-9-14(15)18-11-16(3,4)20/h7-10,13,18-20H,11-12H2,1-6H3. The van der Waals surface area contributed by atoms with Gasteiger partial charge in [0.05, 0.1) is 11.4 Å². The number of rotatable bonds is 8. The van der Waals surface area contributed by atoms with Gasteiger partial charge in [-0.05, 0) is 45.1 Å². The van der Waals surface area contributed by atoms with Gasteiger partial charge < -0.3 is 10.6 Å². The maximum absolute atomic E-state index is 4.57. The van der Waals surface area contributed by atoms with Gasteiger partial charge in [-0.1, -0.05) is 26.0 Å². The third-order valence-corrected chi connectivity index (χ3v) is 4.31. The van der Waals surface area contributed by atoms with Crippen molar-refractivity contribution in [2.45, 2.75) is 56.3 Å². The van der Waals surface area contributed by atoms with E-state index in [1.54, 1.807) is 0 Å². The smallest absolute Gasteiger partial charge is 0.0576 e. The molecule has 0 saturated carbocycles. The highest BCUT2D eigenvalue weighted by Gasteiger charge is 2.20. The average molecular weight is 327 g/mol. The second-order valence-electron chi connectivity index (χ2n) is 6.99. The van der Waals surface area contributed by atoms with Gasteiger partial charge in [0.25, 0.3) is 0 Å². The Labute approximate surface area is 140 Å². The van der Waals surface area contributed by atoms with E-state index in [0.717, 1.165) is 24.5 Å². The SMILES string of the molecule is CC(C)SC(C)(C)CNc1ccccc1NCC(C)(C)S. The van der Waals surface area contributed by atoms with Crippen molar-refractivity contribution in [3.63, 3.8) is 0 Å². The summed E-state index contributed by atoms with van der Waals surface area (Å²) in [5, 5.41) is 7.71. The lowest BCUT2D eigenvalue weighted by molar-refractivity contribution is 0.743. The Kier molecular flexibility index (Phi) is 6.79. The molecule has 0 amide bonds. The van der Waals surface area contributed by atoms with Crippen molar-refractivity contribution in [1.29, 1.82) is 0 Å². The van der Waals surface area contributed by atoms with E-state index in [0.29, 0.717) is 5.25 Å². The van der Waals surface area contributed by atoms with E-state index in [4.69, 9.17) is 0 Å². The van der Waals surface area contributed by atoms with Crippen molar-refractivity contribution in [1.82, 2.24) is 0 Å². The van der Waals surface area contributed by atoms with Gasteiger partial charge in [-0.3, -0.25) is 0 Å². The number of hydrogen-bond acceptors (Lipinski definition) is 4. The van der Waals surface area contributed by atoms with Gasteiger partial charge >= 0.3 is 0 Å². The molecule has 0 unspecified atom stereocenters. The molecule has 0 aliphatic carbocycles. The van der Waals surface area contributed by atoms with Gasteiger partial charge in [0.2, 0.25) is 0 Å². The molecular weight excluding hydrogens is 296 g/mol. The molecule has 0 aliphatic rings. The number of para-hydroxylation sites is 2. The van der Waals surface area contributed by atoms with Gasteiger partial charge in [0.1, 0.15) is 0 Å². The molecule has 0 fully saturated rings. The molecule has 0 heterocycles. The molecule has 0 bridgehead atoms. The molecule has 120 valence electrons. The summed E-state index contributed by atoms with van der Waals surface area (Å²) in [5.41, 5.74) is 2.30. The van der Waals surface area contributed by atoms with Crippen LogP contribution in [0.15, 0.2) is 24.3 Å². The molecule has 2 nitrogen and oxygen atoms in total. The van der Waals surface area contributed by atoms with Crippen molar-refractivity contribution in [2.24, 2.45) is 0 Å². The van der Waals surface area contributed by atoms with E-state index in [1.165, 1.54) is 0 Å². The summed E-state index contributed by atoms with van der Waals surface area (Å²) in [6.07, 6.45) is 0. The molecule has 4 heteroatoms. The Morgan fingerprint density at radius 1 is 1.00 bits per heavy atom. The lowest BCUT2D eigenvalue weighted by Gasteiger charge is -2.28. The molecular formula is C17H30N2S2. The topological polar surface area (TPSA) is 24.1 Å². The highest BCUT2D eigenvalue weighted by Crippen LogP contribution is 2.30. The van der Waals surface area contributed by atoms with Gasteiger partial charge in [0, 0.05) is 22.6 Å². The number of thioether (sulfide) groups is 1. The van der Waals surface area contributed by atoms with Crippen LogP contribution in [0.5, 0.6) is 0 Å². The van der Waals surface area contributed by atoms with Crippen LogP contribution in [0.2, 0.25) is 0 Å². The summed E-state index contributed by atoms with van der Waals surface area (Å²) in [6.45, 7) is 15.1. The van der Waals surface area contributed by atoms with Gasteiger partial charge in [-0.2, -0.15) is 24.4 Å². The van der Waals surface area contributed by atoms with Crippen LogP contribution in [0.4, 0.5) is 11.4 Å². The van der Waals surface area contributed by atoms with Crippen molar-refractivity contribution >= 4 is 35.8 Å². The molecule has 0 atom stereocenters. The van der Waals surface area contributed by atoms with Crippen molar-refractivity contribution in [2.75, 3.05) is 23.7 Å². The minimum absolute atomic E-state index is 0.0279. The Morgan fingerprint density at radius 3 is 1.90 bits per heavy atom. The minimum atomic E-state index is -0.0279. The first kappa shape index (κ1) is 18.6. The van der Waals surface area contributed by atoms with Crippen LogP contribution in [0.25, 0.3) is 0 Å². The predicted molar refractivity (Wildman–Crippen MR) is 103 cm³/mol. The number of anilines is 2. The van der Waals surface area contributed by atoms with E-state index in [9.17, 15) is 0 Å². The first-order valence-corrected chi connectivity index (χ1v) is 8.89. The zero-order valence-corrected chi connectivity index (χ0v) is 15.9. The summed E-state index contributed by atoms with van der Waals surface area (Å²) >= 11 is 6.57. The van der Waals surface area contributed by atoms with Crippen LogP contribution in [0, 0.1) is 0 Å². The minimum Gasteiger partial charge on any atom is -0.382 e. The maximum Gasteiger partial charge on any atom is 0.0576 e. The summed E-state index contributed by atoms with van der Waals surface area (Å²) < 4.78 is 0.184. The molecule has 1 aromatic carbocycles. The number of hydrogen-bond donors (Lipinski definition) is 3. The zero-order valence-electron chi connectivity index (χ0n) is 14.2. The van der Waals surface area contributed by atoms with Crippen LogP contribution < -0.4 is 10.6 Å². The highest BCUT2D eigenvalue weighted by atomic mass is 32.2. The average Bonchev–Trinajstić information content (AvgIpc) is 2.32. The van der Waals surface area contributed by atoms with E-state index < -0.39 is 0 Å². The maximum atomic E-state index is 4.57. The fraction of sp³-hybridized carbons (Fsp3) is 0.647. The summed E-state index contributed by atoms with van der Waals surface area (Å²) in [4.78, 5) is 0. The van der Waals surface area contributed by atoms with Crippen LogP contribution in [-0.4, -0.2) is 27.8 Å². The third-order valence-electron chi connectivity index (χ3n) is 2.90. The Bertz CT molecular complexity index is 437. The van der Waals surface area contributed by atoms with E-state index in [-0.39, 0.29) is 9.49 Å². The normalized spacial score (nSPS) is 12.6. The van der Waals surface area contributed by atoms with Gasteiger partial charge in [-0.15, -0.1) is 0 Å². The fourth-order valence-electron chi connectivity index (χ4n) is 2.09. The van der Waals surface area contributed by atoms with Crippen molar-refractivity contribution in [3.8, 4) is 0 Å². The molecule has 0 spiro atoms. The zero-order chi connectivity index (χ0) is 16.1. The second-order valence-corrected chi connectivity index (χ2v) is 10.5. The monoisotopic (exact) mass is 326 g/mol. The van der Waals surface area contributed by atoms with Gasteiger partial charge in [-0.25, -0.2) is 0 Å². The molecule has 21 heavy (non-hydrogen) atoms. The first-order chi connectivity index (χ1) is 9.59. The summed E-state index contributed by atoms with van der Waals surface area (Å²) in [5.74, 6) is 0. The lowest BCUT2D eigenvalue weighted by atomic mass is 10.1. The second kappa shape index (κ2) is 7.68. The number of thiol groups is 1.